The zero-order chi connectivity index (χ0) is 30.7. The van der Waals surface area contributed by atoms with Crippen molar-refractivity contribution in [3.05, 3.63) is 176 Å². The summed E-state index contributed by atoms with van der Waals surface area (Å²) in [7, 11) is -3.08. The maximum absolute atomic E-state index is 15.1. The molecule has 7 aromatic carbocycles. The summed E-state index contributed by atoms with van der Waals surface area (Å²) in [6, 6.07) is 60.6. The molecule has 0 radical (unpaired) electrons. The lowest BCUT2D eigenvalue weighted by Crippen LogP contribution is -2.24. The molecule has 0 aliphatic heterocycles. The van der Waals surface area contributed by atoms with Gasteiger partial charge in [-0.05, 0) is 54.6 Å². The van der Waals surface area contributed by atoms with Gasteiger partial charge in [-0.2, -0.15) is 0 Å². The van der Waals surface area contributed by atoms with Crippen molar-refractivity contribution in [2.75, 3.05) is 0 Å². The fraction of sp³-hybridized carbons (Fsp3) is 0. The van der Waals surface area contributed by atoms with Gasteiger partial charge in [0.25, 0.3) is 0 Å². The Morgan fingerprint density at radius 3 is 1.46 bits per heavy atom. The van der Waals surface area contributed by atoms with Crippen molar-refractivity contribution >= 4 is 66.7 Å². The molecule has 2 heterocycles. The van der Waals surface area contributed by atoms with Gasteiger partial charge in [0.05, 0.1) is 22.1 Å². The minimum Gasteiger partial charge on any atom is -0.309 e. The predicted molar refractivity (Wildman–Crippen MR) is 195 cm³/mol. The third-order valence-corrected chi connectivity index (χ3v) is 12.3. The number of rotatable bonds is 5. The van der Waals surface area contributed by atoms with Crippen molar-refractivity contribution in [2.24, 2.45) is 0 Å². The summed E-state index contributed by atoms with van der Waals surface area (Å²) in [5.74, 6) is 0. The van der Waals surface area contributed by atoms with Crippen LogP contribution in [0.15, 0.2) is 176 Å². The van der Waals surface area contributed by atoms with Gasteiger partial charge >= 0.3 is 0 Å². The largest absolute Gasteiger partial charge is 0.309 e. The normalized spacial score (nSPS) is 12.0. The summed E-state index contributed by atoms with van der Waals surface area (Å²) in [5.41, 5.74) is 6.83. The van der Waals surface area contributed by atoms with Gasteiger partial charge in [0.15, 0.2) is 7.14 Å². The molecule has 0 atom stereocenters. The quantitative estimate of drug-likeness (QED) is 0.179. The minimum atomic E-state index is -3.08. The van der Waals surface area contributed by atoms with E-state index in [1.807, 2.05) is 60.7 Å². The van der Waals surface area contributed by atoms with Crippen LogP contribution in [0.3, 0.4) is 0 Å². The second kappa shape index (κ2) is 10.5. The van der Waals surface area contributed by atoms with E-state index in [9.17, 15) is 0 Å². The van der Waals surface area contributed by atoms with Crippen LogP contribution < -0.4 is 15.9 Å². The Morgan fingerprint density at radius 2 is 0.826 bits per heavy atom. The SMILES string of the molecule is O=P(c1ccccc1)(c1ccccc1)c1ccc(-n2c3ccccc3c3ccc4c(c5ccccc5n4-c4ccccc4)c32)cc1. The van der Waals surface area contributed by atoms with Crippen LogP contribution >= 0.6 is 7.14 Å². The number of aromatic nitrogens is 2. The molecule has 0 saturated carbocycles. The standard InChI is InChI=1S/C42H29N2OP/c45-46(32-16-6-2-7-17-32,33-18-8-3-9-19-33)34-26-24-31(25-27-34)44-38-22-12-10-20-35(38)36-28-29-40-41(42(36)44)37-21-11-13-23-39(37)43(40)30-14-4-1-5-15-30/h1-29H. The average Bonchev–Trinajstić information content (AvgIpc) is 3.65. The Kier molecular flexibility index (Phi) is 6.09. The molecule has 9 rings (SSSR count). The Hall–Kier alpha value is -5.63. The van der Waals surface area contributed by atoms with Gasteiger partial charge in [-0.25, -0.2) is 0 Å². The van der Waals surface area contributed by atoms with Gasteiger partial charge in [-0.1, -0.05) is 121 Å². The number of nitrogens with zero attached hydrogens (tertiary/aromatic N) is 2. The minimum absolute atomic E-state index is 0.820. The van der Waals surface area contributed by atoms with Crippen molar-refractivity contribution in [1.82, 2.24) is 9.13 Å². The first-order chi connectivity index (χ1) is 22.7. The lowest BCUT2D eigenvalue weighted by Gasteiger charge is -2.20. The van der Waals surface area contributed by atoms with Crippen molar-refractivity contribution in [3.8, 4) is 11.4 Å². The molecule has 218 valence electrons. The fourth-order valence-corrected chi connectivity index (χ4v) is 9.81. The van der Waals surface area contributed by atoms with E-state index in [1.54, 1.807) is 0 Å². The molecular formula is C42H29N2OP. The smallest absolute Gasteiger partial charge is 0.171 e. The van der Waals surface area contributed by atoms with E-state index in [2.05, 4.69) is 124 Å². The first-order valence-electron chi connectivity index (χ1n) is 15.6. The van der Waals surface area contributed by atoms with E-state index in [0.717, 1.165) is 32.8 Å². The van der Waals surface area contributed by atoms with E-state index >= 15 is 4.57 Å². The second-order valence-corrected chi connectivity index (χ2v) is 14.5. The van der Waals surface area contributed by atoms with Crippen molar-refractivity contribution in [3.63, 3.8) is 0 Å². The first kappa shape index (κ1) is 26.7. The van der Waals surface area contributed by atoms with Crippen molar-refractivity contribution in [1.29, 1.82) is 0 Å². The van der Waals surface area contributed by atoms with Gasteiger partial charge < -0.3 is 13.7 Å². The van der Waals surface area contributed by atoms with Gasteiger partial charge in [0, 0.05) is 48.8 Å². The molecule has 0 amide bonds. The monoisotopic (exact) mass is 608 g/mol. The highest BCUT2D eigenvalue weighted by molar-refractivity contribution is 7.85. The van der Waals surface area contributed by atoms with Crippen molar-refractivity contribution < 1.29 is 4.57 Å². The summed E-state index contributed by atoms with van der Waals surface area (Å²) >= 11 is 0. The highest BCUT2D eigenvalue weighted by atomic mass is 31.2. The predicted octanol–water partition coefficient (Wildman–Crippen LogP) is 9.52. The zero-order valence-electron chi connectivity index (χ0n) is 25.0. The van der Waals surface area contributed by atoms with Gasteiger partial charge in [-0.15, -0.1) is 0 Å². The molecule has 0 aliphatic carbocycles. The van der Waals surface area contributed by atoms with Crippen LogP contribution in [0, 0.1) is 0 Å². The Bertz CT molecular complexity index is 2540. The van der Waals surface area contributed by atoms with Crippen LogP contribution in [0.25, 0.3) is 55.0 Å². The number of hydrogen-bond acceptors (Lipinski definition) is 1. The molecule has 4 heteroatoms. The molecule has 0 fully saturated rings. The molecule has 0 bridgehead atoms. The number of para-hydroxylation sites is 3. The Labute approximate surface area is 267 Å². The molecule has 0 N–H and O–H groups in total. The average molecular weight is 609 g/mol. The van der Waals surface area contributed by atoms with E-state index in [0.29, 0.717) is 0 Å². The number of fused-ring (bicyclic) bond motifs is 7. The molecule has 46 heavy (non-hydrogen) atoms. The summed E-state index contributed by atoms with van der Waals surface area (Å²) in [4.78, 5) is 0. The highest BCUT2D eigenvalue weighted by Crippen LogP contribution is 2.44. The molecule has 0 unspecified atom stereocenters. The van der Waals surface area contributed by atoms with Gasteiger partial charge in [0.2, 0.25) is 0 Å². The van der Waals surface area contributed by atoms with Crippen LogP contribution in [0.4, 0.5) is 0 Å². The molecule has 9 aromatic rings. The highest BCUT2D eigenvalue weighted by Gasteiger charge is 2.29. The van der Waals surface area contributed by atoms with E-state index in [1.165, 1.54) is 38.1 Å². The molecule has 0 spiro atoms. The third-order valence-electron chi connectivity index (χ3n) is 9.20. The van der Waals surface area contributed by atoms with E-state index < -0.39 is 7.14 Å². The van der Waals surface area contributed by atoms with Gasteiger partial charge in [-0.3, -0.25) is 0 Å². The lowest BCUT2D eigenvalue weighted by molar-refractivity contribution is 0.592. The van der Waals surface area contributed by atoms with Crippen LogP contribution in [0.2, 0.25) is 0 Å². The summed E-state index contributed by atoms with van der Waals surface area (Å²) in [6.07, 6.45) is 0. The maximum atomic E-state index is 15.1. The first-order valence-corrected chi connectivity index (χ1v) is 17.3. The fourth-order valence-electron chi connectivity index (χ4n) is 7.17. The third kappa shape index (κ3) is 3.89. The molecule has 3 nitrogen and oxygen atoms in total. The number of hydrogen-bond donors (Lipinski definition) is 0. The zero-order valence-corrected chi connectivity index (χ0v) is 25.9. The lowest BCUT2D eigenvalue weighted by atomic mass is 10.1. The Balaban J connectivity index is 1.33. The van der Waals surface area contributed by atoms with Crippen LogP contribution in [0.5, 0.6) is 0 Å². The van der Waals surface area contributed by atoms with Crippen molar-refractivity contribution in [2.45, 2.75) is 0 Å². The maximum Gasteiger partial charge on any atom is 0.171 e. The molecular weight excluding hydrogens is 579 g/mol. The molecule has 0 aliphatic rings. The summed E-state index contributed by atoms with van der Waals surface area (Å²) in [5, 5.41) is 7.34. The van der Waals surface area contributed by atoms with Gasteiger partial charge in [0.1, 0.15) is 0 Å². The summed E-state index contributed by atoms with van der Waals surface area (Å²) in [6.45, 7) is 0. The van der Waals surface area contributed by atoms with Crippen LogP contribution in [0.1, 0.15) is 0 Å². The summed E-state index contributed by atoms with van der Waals surface area (Å²) < 4.78 is 19.8. The Morgan fingerprint density at radius 1 is 0.348 bits per heavy atom. The van der Waals surface area contributed by atoms with Crippen LogP contribution in [-0.4, -0.2) is 9.13 Å². The van der Waals surface area contributed by atoms with Crippen LogP contribution in [-0.2, 0) is 4.57 Å². The second-order valence-electron chi connectivity index (χ2n) is 11.7. The topological polar surface area (TPSA) is 26.9 Å². The molecule has 2 aromatic heterocycles. The van der Waals surface area contributed by atoms with E-state index in [-0.39, 0.29) is 0 Å². The molecule has 0 saturated heterocycles. The van der Waals surface area contributed by atoms with E-state index in [4.69, 9.17) is 0 Å². The number of benzene rings is 7.